The molecule has 0 heterocycles. The van der Waals surface area contributed by atoms with Crippen molar-refractivity contribution in [2.24, 2.45) is 0 Å². The number of carbonyl (C=O) groups is 1. The molecule has 0 fully saturated rings. The van der Waals surface area contributed by atoms with Crippen LogP contribution in [0.4, 0.5) is 10.5 Å². The predicted molar refractivity (Wildman–Crippen MR) is 132 cm³/mol. The molecule has 5 nitrogen and oxygen atoms in total. The molecule has 1 aromatic carbocycles. The second kappa shape index (κ2) is 9.99. The number of halogens is 2. The number of hydrogen-bond donors (Lipinski definition) is 0. The quantitative estimate of drug-likeness (QED) is 0.269. The van der Waals surface area contributed by atoms with E-state index in [1.54, 1.807) is 32.9 Å². The first-order chi connectivity index (χ1) is 13.5. The van der Waals surface area contributed by atoms with Crippen LogP contribution in [-0.4, -0.2) is 33.2 Å². The standard InChI is InChI=1S/C22H32Br2N2O3Si/c1-15(14-28-30(8,9)22(5,6)7)13-26(20(27)29-21(2,3)4)19-16(12-25)10-17(23)11-18(19)24/h10-11H,1,13-14H2,2-9H3/q-1. The van der Waals surface area contributed by atoms with E-state index in [9.17, 15) is 10.1 Å². The summed E-state index contributed by atoms with van der Waals surface area (Å²) < 4.78 is 13.2. The molecule has 0 aromatic heterocycles. The van der Waals surface area contributed by atoms with Gasteiger partial charge in [0.15, 0.2) is 0 Å². The lowest BCUT2D eigenvalue weighted by Gasteiger charge is -2.48. The average molecular weight is 560 g/mol. The zero-order valence-electron chi connectivity index (χ0n) is 19.2. The van der Waals surface area contributed by atoms with E-state index in [-0.39, 0.29) is 11.6 Å². The summed E-state index contributed by atoms with van der Waals surface area (Å²) >= 11 is 6.88. The van der Waals surface area contributed by atoms with Gasteiger partial charge >= 0.3 is 6.09 Å². The number of rotatable bonds is 6. The molecule has 0 N–H and O–H groups in total. The van der Waals surface area contributed by atoms with Gasteiger partial charge in [-0.3, -0.25) is 4.90 Å². The van der Waals surface area contributed by atoms with E-state index in [1.807, 2.05) is 0 Å². The van der Waals surface area contributed by atoms with Gasteiger partial charge in [0.25, 0.3) is 0 Å². The van der Waals surface area contributed by atoms with Crippen LogP contribution < -0.4 is 4.90 Å². The van der Waals surface area contributed by atoms with Crippen LogP contribution in [0, 0.1) is 11.3 Å². The number of ether oxygens (including phenoxy) is 1. The Morgan fingerprint density at radius 1 is 1.20 bits per heavy atom. The molecule has 1 rings (SSSR count). The van der Waals surface area contributed by atoms with Gasteiger partial charge < -0.3 is 9.16 Å². The summed E-state index contributed by atoms with van der Waals surface area (Å²) in [7, 11) is -1.96. The van der Waals surface area contributed by atoms with Crippen LogP contribution in [0.1, 0.15) is 47.1 Å². The lowest BCUT2D eigenvalue weighted by atomic mass is 10.1. The highest BCUT2D eigenvalue weighted by Gasteiger charge is 2.29. The summed E-state index contributed by atoms with van der Waals surface area (Å²) in [5.41, 5.74) is 0.844. The minimum absolute atomic E-state index is 0.0703. The first-order valence-corrected chi connectivity index (χ1v) is 14.2. The maximum atomic E-state index is 13.0. The number of amides is 1. The Bertz CT molecular complexity index is 850. The molecule has 1 amide bonds. The van der Waals surface area contributed by atoms with Gasteiger partial charge in [-0.05, 0) is 62.7 Å². The Morgan fingerprint density at radius 2 is 1.77 bits per heavy atom. The van der Waals surface area contributed by atoms with Crippen LogP contribution in [0.15, 0.2) is 33.2 Å². The molecule has 0 aliphatic heterocycles. The maximum Gasteiger partial charge on any atom is 0.415 e. The predicted octanol–water partition coefficient (Wildman–Crippen LogP) is 7.40. The van der Waals surface area contributed by atoms with Gasteiger partial charge in [-0.15, -0.1) is 18.1 Å². The maximum absolute atomic E-state index is 13.0. The van der Waals surface area contributed by atoms with Crippen molar-refractivity contribution in [3.63, 3.8) is 0 Å². The second-order valence-electron chi connectivity index (χ2n) is 9.76. The molecule has 0 radical (unpaired) electrons. The highest BCUT2D eigenvalue weighted by Crippen LogP contribution is 2.37. The molecule has 0 aliphatic carbocycles. The normalized spacial score (nSPS) is 12.3. The topological polar surface area (TPSA) is 62.6 Å². The fraction of sp³-hybridized carbons (Fsp3) is 0.545. The van der Waals surface area contributed by atoms with E-state index < -0.39 is 20.0 Å². The molecule has 0 atom stereocenters. The van der Waals surface area contributed by atoms with Gasteiger partial charge in [0.2, 0.25) is 0 Å². The molecular weight excluding hydrogens is 528 g/mol. The highest BCUT2D eigenvalue weighted by molar-refractivity contribution is 9.11. The van der Waals surface area contributed by atoms with Gasteiger partial charge in [0.05, 0.1) is 17.8 Å². The van der Waals surface area contributed by atoms with Crippen LogP contribution in [-0.2, 0) is 9.16 Å². The van der Waals surface area contributed by atoms with Crippen molar-refractivity contribution in [2.45, 2.75) is 65.3 Å². The molecule has 0 saturated carbocycles. The average Bonchev–Trinajstić information content (AvgIpc) is 2.55. The van der Waals surface area contributed by atoms with E-state index >= 15 is 0 Å². The Labute approximate surface area is 198 Å². The lowest BCUT2D eigenvalue weighted by Crippen LogP contribution is -2.42. The van der Waals surface area contributed by atoms with Gasteiger partial charge in [-0.1, -0.05) is 43.3 Å². The van der Waals surface area contributed by atoms with Crippen molar-refractivity contribution in [3.8, 4) is 6.07 Å². The molecule has 30 heavy (non-hydrogen) atoms. The summed E-state index contributed by atoms with van der Waals surface area (Å²) in [6, 6.07) is 5.63. The summed E-state index contributed by atoms with van der Waals surface area (Å²) in [4.78, 5) is 14.5. The molecule has 1 aromatic rings. The first-order valence-electron chi connectivity index (χ1n) is 9.69. The largest absolute Gasteiger partial charge is 0.561 e. The zero-order chi connectivity index (χ0) is 23.5. The zero-order valence-corrected chi connectivity index (χ0v) is 23.3. The second-order valence-corrected chi connectivity index (χ2v) is 16.3. The van der Waals surface area contributed by atoms with E-state index in [0.717, 1.165) is 10.0 Å². The van der Waals surface area contributed by atoms with Crippen LogP contribution >= 0.6 is 31.9 Å². The summed E-state index contributed by atoms with van der Waals surface area (Å²) in [6.07, 6.45) is -0.546. The third-order valence-electron chi connectivity index (χ3n) is 4.86. The van der Waals surface area contributed by atoms with Crippen LogP contribution in [0.25, 0.3) is 0 Å². The minimum atomic E-state index is -1.96. The van der Waals surface area contributed by atoms with E-state index in [4.69, 9.17) is 9.16 Å². The van der Waals surface area contributed by atoms with Crippen molar-refractivity contribution in [3.05, 3.63) is 38.8 Å². The highest BCUT2D eigenvalue weighted by atomic mass is 79.9. The Morgan fingerprint density at radius 3 is 2.23 bits per heavy atom. The number of nitriles is 1. The SMILES string of the molecule is C=C(CO[Si-](C)(C)C(C)(C)C)CN(C(=O)OC(C)(C)C)c1c(Br)cc(Br)cc1C#N. The summed E-state index contributed by atoms with van der Waals surface area (Å²) in [6.45, 7) is 20.9. The summed E-state index contributed by atoms with van der Waals surface area (Å²) in [5.74, 6) is 0. The van der Waals surface area contributed by atoms with Crippen molar-refractivity contribution in [2.75, 3.05) is 18.1 Å². The monoisotopic (exact) mass is 558 g/mol. The van der Waals surface area contributed by atoms with Crippen LogP contribution in [0.5, 0.6) is 0 Å². The van der Waals surface area contributed by atoms with Gasteiger partial charge in [-0.25, -0.2) is 4.79 Å². The van der Waals surface area contributed by atoms with Crippen LogP contribution in [0.2, 0.25) is 18.1 Å². The molecular formula is C22H32Br2N2O3Si-. The Hall–Kier alpha value is -1.14. The van der Waals surface area contributed by atoms with E-state index in [1.165, 1.54) is 4.90 Å². The van der Waals surface area contributed by atoms with Crippen molar-refractivity contribution in [1.29, 1.82) is 5.26 Å². The molecule has 0 saturated heterocycles. The van der Waals surface area contributed by atoms with E-state index in [2.05, 4.69) is 78.4 Å². The number of hydrogen-bond acceptors (Lipinski definition) is 4. The smallest absolute Gasteiger partial charge is 0.415 e. The van der Waals surface area contributed by atoms with Gasteiger partial charge in [0, 0.05) is 15.6 Å². The summed E-state index contributed by atoms with van der Waals surface area (Å²) in [5, 5.41) is 9.72. The molecule has 0 unspecified atom stereocenters. The van der Waals surface area contributed by atoms with Gasteiger partial charge in [-0.2, -0.15) is 5.26 Å². The third kappa shape index (κ3) is 7.52. The number of benzene rings is 1. The molecule has 0 bridgehead atoms. The Kier molecular flexibility index (Phi) is 8.95. The fourth-order valence-electron chi connectivity index (χ4n) is 2.25. The number of anilines is 1. The molecule has 8 heteroatoms. The first kappa shape index (κ1) is 26.9. The number of nitrogens with zero attached hydrogens (tertiary/aromatic N) is 2. The van der Waals surface area contributed by atoms with Crippen LogP contribution in [0.3, 0.4) is 0 Å². The number of carbonyl (C=O) groups excluding carboxylic acids is 1. The molecule has 0 aliphatic rings. The van der Waals surface area contributed by atoms with Crippen molar-refractivity contribution < 1.29 is 14.0 Å². The Balaban J connectivity index is 3.24. The fourth-order valence-corrected chi connectivity index (χ4v) is 4.68. The van der Waals surface area contributed by atoms with Gasteiger partial charge in [0.1, 0.15) is 11.7 Å². The minimum Gasteiger partial charge on any atom is -0.561 e. The lowest BCUT2D eigenvalue weighted by molar-refractivity contribution is 0.0582. The van der Waals surface area contributed by atoms with Crippen molar-refractivity contribution >= 4 is 52.0 Å². The van der Waals surface area contributed by atoms with Crippen molar-refractivity contribution in [1.82, 2.24) is 0 Å². The van der Waals surface area contributed by atoms with E-state index in [0.29, 0.717) is 22.3 Å². The third-order valence-corrected chi connectivity index (χ3v) is 10.4. The molecule has 0 spiro atoms. The molecule has 167 valence electrons.